The normalized spacial score (nSPS) is 18.1. The number of ether oxygens (including phenoxy) is 1. The van der Waals surface area contributed by atoms with E-state index in [9.17, 15) is 4.79 Å². The smallest absolute Gasteiger partial charge is 0.330 e. The van der Waals surface area contributed by atoms with Gasteiger partial charge in [0.25, 0.3) is 0 Å². The summed E-state index contributed by atoms with van der Waals surface area (Å²) in [6.45, 7) is 9.84. The molecule has 0 bridgehead atoms. The van der Waals surface area contributed by atoms with Crippen LogP contribution in [-0.4, -0.2) is 35.0 Å². The molecule has 23 heavy (non-hydrogen) atoms. The zero-order valence-corrected chi connectivity index (χ0v) is 15.6. The number of esters is 1. The molecule has 0 aromatic carbocycles. The van der Waals surface area contributed by atoms with Gasteiger partial charge in [-0.05, 0) is 53.3 Å². The zero-order valence-electron chi connectivity index (χ0n) is 14.1. The first-order valence-electron chi connectivity index (χ1n) is 7.51. The Hall–Kier alpha value is -1.10. The highest BCUT2D eigenvalue weighted by atomic mass is 35.5. The molecule has 0 saturated carbocycles. The van der Waals surface area contributed by atoms with Crippen LogP contribution in [-0.2, 0) is 9.53 Å². The second-order valence-electron chi connectivity index (χ2n) is 6.39. The van der Waals surface area contributed by atoms with E-state index < -0.39 is 5.60 Å². The lowest BCUT2D eigenvalue weighted by molar-refractivity contribution is -0.148. The van der Waals surface area contributed by atoms with Crippen molar-refractivity contribution < 1.29 is 9.53 Å². The van der Waals surface area contributed by atoms with E-state index in [0.29, 0.717) is 16.3 Å². The Kier molecular flexibility index (Phi) is 7.52. The summed E-state index contributed by atoms with van der Waals surface area (Å²) in [5.41, 5.74) is 0.696. The molecule has 0 amide bonds. The second-order valence-corrected chi connectivity index (χ2v) is 7.14. The molecule has 0 radical (unpaired) electrons. The molecule has 0 aliphatic carbocycles. The number of carbonyl (C=O) groups is 1. The fourth-order valence-electron chi connectivity index (χ4n) is 2.32. The quantitative estimate of drug-likeness (QED) is 0.437. The summed E-state index contributed by atoms with van der Waals surface area (Å²) in [5, 5.41) is 0.996. The van der Waals surface area contributed by atoms with Crippen molar-refractivity contribution in [1.82, 2.24) is 9.88 Å². The molecule has 1 aromatic rings. The molecule has 1 unspecified atom stereocenters. The molecular formula is C17H24Cl2N2O2. The molecule has 1 aliphatic heterocycles. The minimum atomic E-state index is -0.398. The van der Waals surface area contributed by atoms with Crippen molar-refractivity contribution in [3.05, 3.63) is 40.7 Å². The number of likely N-dealkylation sites (tertiary alicyclic amines) is 1. The summed E-state index contributed by atoms with van der Waals surface area (Å²) < 4.78 is 4.83. The van der Waals surface area contributed by atoms with Crippen LogP contribution in [0.15, 0.2) is 24.8 Å². The van der Waals surface area contributed by atoms with E-state index in [1.165, 1.54) is 6.42 Å². The predicted molar refractivity (Wildman–Crippen MR) is 94.9 cm³/mol. The maximum absolute atomic E-state index is 10.5. The average molecular weight is 359 g/mol. The van der Waals surface area contributed by atoms with Gasteiger partial charge in [0.2, 0.25) is 0 Å². The van der Waals surface area contributed by atoms with Gasteiger partial charge < -0.3 is 4.74 Å². The lowest BCUT2D eigenvalue weighted by Gasteiger charge is -2.20. The standard InChI is InChI=1S/C10H12Cl2N2.C7H12O2/c1-14-6-2-3-8(14)7-4-5-9(11)13-10(7)12;1-5-6(8)9-7(2,3)4/h4-5,8H,2-3,6H2,1H3;5H,1H2,2-4H3. The molecule has 1 aliphatic rings. The van der Waals surface area contributed by atoms with E-state index in [1.54, 1.807) is 6.07 Å². The maximum atomic E-state index is 10.5. The van der Waals surface area contributed by atoms with Crippen molar-refractivity contribution in [1.29, 1.82) is 0 Å². The van der Waals surface area contributed by atoms with Gasteiger partial charge in [-0.25, -0.2) is 9.78 Å². The van der Waals surface area contributed by atoms with Crippen LogP contribution in [0.1, 0.15) is 45.2 Å². The first-order valence-corrected chi connectivity index (χ1v) is 8.27. The Morgan fingerprint density at radius 1 is 1.43 bits per heavy atom. The molecule has 1 saturated heterocycles. The summed E-state index contributed by atoms with van der Waals surface area (Å²) in [5.74, 6) is -0.373. The number of pyridine rings is 1. The molecule has 6 heteroatoms. The summed E-state index contributed by atoms with van der Waals surface area (Å²) in [4.78, 5) is 16.8. The van der Waals surface area contributed by atoms with Crippen LogP contribution in [0.25, 0.3) is 0 Å². The second kappa shape index (κ2) is 8.67. The number of halogens is 2. The molecule has 128 valence electrons. The summed E-state index contributed by atoms with van der Waals surface area (Å²) in [6.07, 6.45) is 3.53. The van der Waals surface area contributed by atoms with Gasteiger partial charge in [0.15, 0.2) is 0 Å². The zero-order chi connectivity index (χ0) is 17.6. The van der Waals surface area contributed by atoms with E-state index in [1.807, 2.05) is 26.8 Å². The third kappa shape index (κ3) is 6.90. The number of carbonyl (C=O) groups excluding carboxylic acids is 1. The molecule has 2 rings (SSSR count). The van der Waals surface area contributed by atoms with Crippen molar-refractivity contribution in [2.24, 2.45) is 0 Å². The van der Waals surface area contributed by atoms with Crippen molar-refractivity contribution in [2.45, 2.75) is 45.3 Å². The van der Waals surface area contributed by atoms with Gasteiger partial charge in [0, 0.05) is 17.7 Å². The minimum Gasteiger partial charge on any atom is -0.457 e. The monoisotopic (exact) mass is 358 g/mol. The SMILES string of the molecule is C=CC(=O)OC(C)(C)C.CN1CCCC1c1ccc(Cl)nc1Cl. The van der Waals surface area contributed by atoms with E-state index in [4.69, 9.17) is 27.9 Å². The van der Waals surface area contributed by atoms with Crippen LogP contribution >= 0.6 is 23.2 Å². The molecule has 2 heterocycles. The molecule has 4 nitrogen and oxygen atoms in total. The van der Waals surface area contributed by atoms with Crippen molar-refractivity contribution in [2.75, 3.05) is 13.6 Å². The van der Waals surface area contributed by atoms with Crippen LogP contribution in [0, 0.1) is 0 Å². The van der Waals surface area contributed by atoms with Crippen LogP contribution in [0.3, 0.4) is 0 Å². The highest BCUT2D eigenvalue weighted by Crippen LogP contribution is 2.34. The van der Waals surface area contributed by atoms with Gasteiger partial charge in [-0.2, -0.15) is 0 Å². The van der Waals surface area contributed by atoms with Gasteiger partial charge in [-0.1, -0.05) is 35.8 Å². The first kappa shape index (κ1) is 19.9. The van der Waals surface area contributed by atoms with Crippen LogP contribution in [0.4, 0.5) is 0 Å². The average Bonchev–Trinajstić information content (AvgIpc) is 2.84. The molecule has 1 aromatic heterocycles. The van der Waals surface area contributed by atoms with Gasteiger partial charge in [0.05, 0.1) is 0 Å². The van der Waals surface area contributed by atoms with Crippen molar-refractivity contribution in [3.63, 3.8) is 0 Å². The Balaban J connectivity index is 0.000000257. The molecule has 1 atom stereocenters. The van der Waals surface area contributed by atoms with E-state index in [2.05, 4.69) is 23.5 Å². The number of hydrogen-bond donors (Lipinski definition) is 0. The number of nitrogens with zero attached hydrogens (tertiary/aromatic N) is 2. The lowest BCUT2D eigenvalue weighted by atomic mass is 10.1. The third-order valence-corrected chi connectivity index (χ3v) is 3.81. The fourth-order valence-corrected chi connectivity index (χ4v) is 2.79. The highest BCUT2D eigenvalue weighted by Gasteiger charge is 2.24. The van der Waals surface area contributed by atoms with Crippen molar-refractivity contribution >= 4 is 29.2 Å². The van der Waals surface area contributed by atoms with E-state index in [-0.39, 0.29) is 5.97 Å². The van der Waals surface area contributed by atoms with Gasteiger partial charge in [0.1, 0.15) is 15.9 Å². The molecule has 1 fully saturated rings. The maximum Gasteiger partial charge on any atom is 0.330 e. The van der Waals surface area contributed by atoms with Crippen LogP contribution in [0.5, 0.6) is 0 Å². The topological polar surface area (TPSA) is 42.4 Å². The van der Waals surface area contributed by atoms with Gasteiger partial charge >= 0.3 is 5.97 Å². The molecule has 0 N–H and O–H groups in total. The van der Waals surface area contributed by atoms with Gasteiger partial charge in [-0.3, -0.25) is 4.90 Å². The Labute approximate surface area is 148 Å². The van der Waals surface area contributed by atoms with E-state index in [0.717, 1.165) is 24.6 Å². The molecular weight excluding hydrogens is 335 g/mol. The van der Waals surface area contributed by atoms with Crippen molar-refractivity contribution in [3.8, 4) is 0 Å². The summed E-state index contributed by atoms with van der Waals surface area (Å²) >= 11 is 11.8. The Morgan fingerprint density at radius 2 is 2.09 bits per heavy atom. The minimum absolute atomic E-state index is 0.373. The van der Waals surface area contributed by atoms with E-state index >= 15 is 0 Å². The number of aromatic nitrogens is 1. The van der Waals surface area contributed by atoms with Crippen LogP contribution in [0.2, 0.25) is 10.3 Å². The summed E-state index contributed by atoms with van der Waals surface area (Å²) in [6, 6.07) is 4.19. The first-order chi connectivity index (χ1) is 10.6. The summed E-state index contributed by atoms with van der Waals surface area (Å²) in [7, 11) is 2.11. The fraction of sp³-hybridized carbons (Fsp3) is 0.529. The number of hydrogen-bond acceptors (Lipinski definition) is 4. The largest absolute Gasteiger partial charge is 0.457 e. The lowest BCUT2D eigenvalue weighted by Crippen LogP contribution is -2.22. The molecule has 0 spiro atoms. The predicted octanol–water partition coefficient (Wildman–Crippen LogP) is 4.67. The van der Waals surface area contributed by atoms with Crippen LogP contribution < -0.4 is 0 Å². The number of rotatable bonds is 2. The Bertz CT molecular complexity index is 556. The highest BCUT2D eigenvalue weighted by molar-refractivity contribution is 6.32. The Morgan fingerprint density at radius 3 is 2.48 bits per heavy atom. The van der Waals surface area contributed by atoms with Gasteiger partial charge in [-0.15, -0.1) is 0 Å². The third-order valence-electron chi connectivity index (χ3n) is 3.30.